The molecule has 3 nitrogen and oxygen atoms in total. The van der Waals surface area contributed by atoms with Crippen molar-refractivity contribution >= 4 is 17.3 Å². The minimum atomic E-state index is 0.438. The van der Waals surface area contributed by atoms with Gasteiger partial charge in [-0.1, -0.05) is 23.7 Å². The van der Waals surface area contributed by atoms with Gasteiger partial charge in [0.15, 0.2) is 0 Å². The number of halogens is 1. The molecule has 0 saturated heterocycles. The van der Waals surface area contributed by atoms with Gasteiger partial charge < -0.3 is 5.73 Å². The number of hydrogen-bond donors (Lipinski definition) is 1. The molecule has 1 aliphatic carbocycles. The van der Waals surface area contributed by atoms with Crippen LogP contribution in [0.25, 0.3) is 11.3 Å². The number of rotatable bonds is 3. The highest BCUT2D eigenvalue weighted by atomic mass is 35.5. The zero-order valence-electron chi connectivity index (χ0n) is 10.3. The molecule has 3 rings (SSSR count). The van der Waals surface area contributed by atoms with E-state index in [-0.39, 0.29) is 0 Å². The molecule has 2 aromatic rings. The van der Waals surface area contributed by atoms with Crippen LogP contribution in [0.4, 0.5) is 5.69 Å². The lowest BCUT2D eigenvalue weighted by molar-refractivity contribution is 0.441. The normalized spacial score (nSPS) is 16.8. The molecule has 0 bridgehead atoms. The van der Waals surface area contributed by atoms with Crippen LogP contribution >= 0.6 is 11.6 Å². The van der Waals surface area contributed by atoms with E-state index in [1.807, 2.05) is 35.1 Å². The van der Waals surface area contributed by atoms with E-state index in [0.29, 0.717) is 6.04 Å². The third kappa shape index (κ3) is 2.10. The summed E-state index contributed by atoms with van der Waals surface area (Å²) in [6.45, 7) is 2.20. The Kier molecular flexibility index (Phi) is 2.78. The molecule has 1 aromatic heterocycles. The summed E-state index contributed by atoms with van der Waals surface area (Å²) in [6.07, 6.45) is 4.54. The van der Waals surface area contributed by atoms with Crippen LogP contribution in [0.2, 0.25) is 5.02 Å². The van der Waals surface area contributed by atoms with Gasteiger partial charge in [0, 0.05) is 16.8 Å². The van der Waals surface area contributed by atoms with Gasteiger partial charge in [-0.2, -0.15) is 5.10 Å². The van der Waals surface area contributed by atoms with Crippen LogP contribution in [0, 0.1) is 5.92 Å². The molecule has 1 unspecified atom stereocenters. The summed E-state index contributed by atoms with van der Waals surface area (Å²) in [5.74, 6) is 0.766. The standard InChI is InChI=1S/C14H16ClN3/c1-9(10-2-3-10)18-8-13(16)14(17-18)11-4-6-12(15)7-5-11/h4-10H,2-3,16H2,1H3. The van der Waals surface area contributed by atoms with Crippen molar-refractivity contribution in [2.75, 3.05) is 5.73 Å². The summed E-state index contributed by atoms with van der Waals surface area (Å²) < 4.78 is 2.00. The molecule has 0 spiro atoms. The third-order valence-corrected chi connectivity index (χ3v) is 3.85. The fraction of sp³-hybridized carbons (Fsp3) is 0.357. The number of anilines is 1. The highest BCUT2D eigenvalue weighted by Crippen LogP contribution is 2.40. The number of aromatic nitrogens is 2. The number of nitrogens with two attached hydrogens (primary N) is 1. The molecule has 1 saturated carbocycles. The average molecular weight is 262 g/mol. The molecule has 18 heavy (non-hydrogen) atoms. The molecule has 1 aromatic carbocycles. The predicted molar refractivity (Wildman–Crippen MR) is 74.5 cm³/mol. The average Bonchev–Trinajstić information content (AvgIpc) is 3.13. The quantitative estimate of drug-likeness (QED) is 0.914. The van der Waals surface area contributed by atoms with Gasteiger partial charge in [0.2, 0.25) is 0 Å². The minimum Gasteiger partial charge on any atom is -0.396 e. The molecule has 1 fully saturated rings. The van der Waals surface area contributed by atoms with E-state index in [2.05, 4.69) is 12.0 Å². The van der Waals surface area contributed by atoms with Gasteiger partial charge in [-0.25, -0.2) is 0 Å². The Morgan fingerprint density at radius 1 is 1.33 bits per heavy atom. The minimum absolute atomic E-state index is 0.438. The summed E-state index contributed by atoms with van der Waals surface area (Å²) in [5, 5.41) is 5.34. The Morgan fingerprint density at radius 3 is 2.61 bits per heavy atom. The maximum Gasteiger partial charge on any atom is 0.115 e. The van der Waals surface area contributed by atoms with Crippen molar-refractivity contribution in [2.45, 2.75) is 25.8 Å². The van der Waals surface area contributed by atoms with E-state index in [1.54, 1.807) is 0 Å². The second-order valence-electron chi connectivity index (χ2n) is 5.00. The Morgan fingerprint density at radius 2 is 2.00 bits per heavy atom. The van der Waals surface area contributed by atoms with Crippen molar-refractivity contribution in [3.8, 4) is 11.3 Å². The Bertz CT molecular complexity index is 555. The van der Waals surface area contributed by atoms with Crippen LogP contribution in [0.3, 0.4) is 0 Å². The first-order chi connectivity index (χ1) is 8.65. The molecule has 0 radical (unpaired) electrons. The van der Waals surface area contributed by atoms with Crippen molar-refractivity contribution in [2.24, 2.45) is 5.92 Å². The van der Waals surface area contributed by atoms with E-state index in [9.17, 15) is 0 Å². The van der Waals surface area contributed by atoms with Crippen molar-refractivity contribution in [3.05, 3.63) is 35.5 Å². The fourth-order valence-corrected chi connectivity index (χ4v) is 2.37. The zero-order chi connectivity index (χ0) is 12.7. The first-order valence-electron chi connectivity index (χ1n) is 6.25. The maximum atomic E-state index is 6.05. The van der Waals surface area contributed by atoms with Gasteiger partial charge in [-0.3, -0.25) is 4.68 Å². The van der Waals surface area contributed by atoms with Crippen molar-refractivity contribution in [3.63, 3.8) is 0 Å². The zero-order valence-corrected chi connectivity index (χ0v) is 11.1. The van der Waals surface area contributed by atoms with Gasteiger partial charge in [-0.15, -0.1) is 0 Å². The van der Waals surface area contributed by atoms with Crippen LogP contribution in [-0.2, 0) is 0 Å². The predicted octanol–water partition coefficient (Wildman–Crippen LogP) is 3.76. The number of benzene rings is 1. The monoisotopic (exact) mass is 261 g/mol. The molecule has 1 heterocycles. The molecular formula is C14H16ClN3. The van der Waals surface area contributed by atoms with E-state index in [1.165, 1.54) is 12.8 Å². The fourth-order valence-electron chi connectivity index (χ4n) is 2.24. The molecule has 0 aliphatic heterocycles. The Hall–Kier alpha value is -1.48. The summed E-state index contributed by atoms with van der Waals surface area (Å²) in [4.78, 5) is 0. The number of nitrogens with zero attached hydrogens (tertiary/aromatic N) is 2. The first-order valence-corrected chi connectivity index (χ1v) is 6.63. The molecular weight excluding hydrogens is 246 g/mol. The topological polar surface area (TPSA) is 43.8 Å². The SMILES string of the molecule is CC(C1CC1)n1cc(N)c(-c2ccc(Cl)cc2)n1. The van der Waals surface area contributed by atoms with Crippen LogP contribution in [0.1, 0.15) is 25.8 Å². The highest BCUT2D eigenvalue weighted by molar-refractivity contribution is 6.30. The van der Waals surface area contributed by atoms with Gasteiger partial charge >= 0.3 is 0 Å². The smallest absolute Gasteiger partial charge is 0.115 e. The number of hydrogen-bond acceptors (Lipinski definition) is 2. The third-order valence-electron chi connectivity index (χ3n) is 3.60. The van der Waals surface area contributed by atoms with Gasteiger partial charge in [0.05, 0.1) is 11.7 Å². The van der Waals surface area contributed by atoms with Crippen molar-refractivity contribution in [1.29, 1.82) is 0 Å². The largest absolute Gasteiger partial charge is 0.396 e. The molecule has 1 aliphatic rings. The van der Waals surface area contributed by atoms with Crippen LogP contribution < -0.4 is 5.73 Å². The lowest BCUT2D eigenvalue weighted by Gasteiger charge is -2.09. The molecule has 0 amide bonds. The van der Waals surface area contributed by atoms with Crippen molar-refractivity contribution in [1.82, 2.24) is 9.78 Å². The second kappa shape index (κ2) is 4.32. The summed E-state index contributed by atoms with van der Waals surface area (Å²) in [6, 6.07) is 8.06. The van der Waals surface area contributed by atoms with Gasteiger partial charge in [0.25, 0.3) is 0 Å². The van der Waals surface area contributed by atoms with Crippen LogP contribution in [0.15, 0.2) is 30.5 Å². The highest BCUT2D eigenvalue weighted by Gasteiger charge is 2.30. The van der Waals surface area contributed by atoms with Crippen LogP contribution in [-0.4, -0.2) is 9.78 Å². The number of nitrogen functional groups attached to an aromatic ring is 1. The Balaban J connectivity index is 1.94. The summed E-state index contributed by atoms with van der Waals surface area (Å²) >= 11 is 5.89. The van der Waals surface area contributed by atoms with Crippen molar-refractivity contribution < 1.29 is 0 Å². The van der Waals surface area contributed by atoms with Gasteiger partial charge in [-0.05, 0) is 37.8 Å². The maximum absolute atomic E-state index is 6.05. The molecule has 4 heteroatoms. The molecule has 2 N–H and O–H groups in total. The van der Waals surface area contributed by atoms with E-state index >= 15 is 0 Å². The molecule has 94 valence electrons. The van der Waals surface area contributed by atoms with Crippen LogP contribution in [0.5, 0.6) is 0 Å². The van der Waals surface area contributed by atoms with Gasteiger partial charge in [0.1, 0.15) is 5.69 Å². The molecule has 1 atom stereocenters. The van der Waals surface area contributed by atoms with E-state index in [4.69, 9.17) is 17.3 Å². The van der Waals surface area contributed by atoms with E-state index < -0.39 is 0 Å². The van der Waals surface area contributed by atoms with E-state index in [0.717, 1.165) is 27.9 Å². The summed E-state index contributed by atoms with van der Waals surface area (Å²) in [7, 11) is 0. The lowest BCUT2D eigenvalue weighted by Crippen LogP contribution is -2.07. The second-order valence-corrected chi connectivity index (χ2v) is 5.43. The summed E-state index contributed by atoms with van der Waals surface area (Å²) in [5.41, 5.74) is 8.64. The lowest BCUT2D eigenvalue weighted by atomic mass is 10.1. The Labute approximate surface area is 112 Å². The first kappa shape index (κ1) is 11.6.